The fourth-order valence-corrected chi connectivity index (χ4v) is 14.5. The second-order valence-electron chi connectivity index (χ2n) is 22.6. The van der Waals surface area contributed by atoms with Gasteiger partial charge in [0.1, 0.15) is 67.6 Å². The maximum Gasteiger partial charge on any atom is 0.335 e. The van der Waals surface area contributed by atoms with Crippen molar-refractivity contribution >= 4 is 17.9 Å². The molecule has 7 rings (SSSR count). The summed E-state index contributed by atoms with van der Waals surface area (Å²) in [4.78, 5) is 37.8. The number of rotatable bonds is 12. The third-order valence-corrected chi connectivity index (χ3v) is 18.5. The van der Waals surface area contributed by atoms with E-state index in [-0.39, 0.29) is 54.8 Å². The van der Waals surface area contributed by atoms with E-state index in [1.165, 1.54) is 6.92 Å². The first kappa shape index (κ1) is 53.2. The maximum absolute atomic E-state index is 13.2. The van der Waals surface area contributed by atoms with Crippen LogP contribution in [-0.4, -0.2) is 181 Å². The molecule has 19 heteroatoms. The van der Waals surface area contributed by atoms with Crippen molar-refractivity contribution in [3.8, 4) is 0 Å². The smallest absolute Gasteiger partial charge is 0.335 e. The molecule has 6 fully saturated rings. The number of hydrogen-bond acceptors (Lipinski definition) is 18. The summed E-state index contributed by atoms with van der Waals surface area (Å²) in [6.45, 7) is 13.6. The van der Waals surface area contributed by atoms with E-state index >= 15 is 0 Å². The molecule has 0 aromatic rings. The third-order valence-electron chi connectivity index (χ3n) is 18.5. The van der Waals surface area contributed by atoms with Crippen LogP contribution in [-0.2, 0) is 42.8 Å². The van der Waals surface area contributed by atoms with Gasteiger partial charge < -0.3 is 79.5 Å². The van der Waals surface area contributed by atoms with Gasteiger partial charge in [0.2, 0.25) is 0 Å². The van der Waals surface area contributed by atoms with E-state index in [2.05, 4.69) is 19.9 Å². The predicted molar refractivity (Wildman–Crippen MR) is 237 cm³/mol. The highest BCUT2D eigenvalue weighted by atomic mass is 16.7. The van der Waals surface area contributed by atoms with E-state index in [4.69, 9.17) is 28.4 Å². The van der Waals surface area contributed by atoms with Crippen molar-refractivity contribution in [2.45, 2.75) is 186 Å². The molecule has 4 saturated carbocycles. The second-order valence-corrected chi connectivity index (χ2v) is 22.6. The van der Waals surface area contributed by atoms with Crippen LogP contribution in [0.25, 0.3) is 0 Å². The number of hydrogen-bond donors (Lipinski definition) is 10. The van der Waals surface area contributed by atoms with Gasteiger partial charge in [-0.1, -0.05) is 52.3 Å². The largest absolute Gasteiger partial charge is 0.479 e. The molecule has 0 radical (unpaired) electrons. The lowest BCUT2D eigenvalue weighted by Crippen LogP contribution is -2.70. The number of carboxylic acids is 1. The second kappa shape index (κ2) is 19.4. The summed E-state index contributed by atoms with van der Waals surface area (Å²) in [5.41, 5.74) is -2.06. The van der Waals surface area contributed by atoms with Crippen LogP contribution in [0.1, 0.15) is 100 Å². The highest BCUT2D eigenvalue weighted by molar-refractivity contribution is 5.87. The molecule has 2 aliphatic heterocycles. The van der Waals surface area contributed by atoms with Gasteiger partial charge in [-0.15, -0.1) is 0 Å². The number of allylic oxidation sites excluding steroid dienone is 3. The van der Waals surface area contributed by atoms with Crippen LogP contribution in [0.3, 0.4) is 0 Å². The predicted octanol–water partition coefficient (Wildman–Crippen LogP) is 0.507. The van der Waals surface area contributed by atoms with E-state index in [9.17, 15) is 65.4 Å². The Labute approximate surface area is 397 Å². The summed E-state index contributed by atoms with van der Waals surface area (Å²) >= 11 is 0. The molecular weight excluding hydrogens is 893 g/mol. The highest BCUT2D eigenvalue weighted by Gasteiger charge is 2.70. The van der Waals surface area contributed by atoms with Crippen molar-refractivity contribution in [3.63, 3.8) is 0 Å². The number of aliphatic carboxylic acids is 1. The number of carbonyl (C=O) groups is 3. The Morgan fingerprint density at radius 2 is 1.44 bits per heavy atom. The summed E-state index contributed by atoms with van der Waals surface area (Å²) in [6, 6.07) is 0. The quantitative estimate of drug-likeness (QED) is 0.0724. The van der Waals surface area contributed by atoms with Gasteiger partial charge in [0.25, 0.3) is 0 Å². The van der Waals surface area contributed by atoms with Gasteiger partial charge in [0.05, 0.1) is 37.4 Å². The van der Waals surface area contributed by atoms with Crippen LogP contribution in [0, 0.1) is 50.7 Å². The lowest BCUT2D eigenvalue weighted by molar-refractivity contribution is -0.300. The molecule has 0 aromatic heterocycles. The maximum atomic E-state index is 13.2. The van der Waals surface area contributed by atoms with Crippen LogP contribution in [0.15, 0.2) is 23.3 Å². The fourth-order valence-electron chi connectivity index (χ4n) is 14.5. The normalized spacial score (nSPS) is 49.0. The molecule has 0 aromatic carbocycles. The molecule has 0 bridgehead atoms. The van der Waals surface area contributed by atoms with Crippen LogP contribution in [0.2, 0.25) is 0 Å². The average Bonchev–Trinajstić information content (AvgIpc) is 3.27. The van der Waals surface area contributed by atoms with Gasteiger partial charge in [0.15, 0.2) is 12.4 Å². The monoisotopic (exact) mass is 968 g/mol. The topological polar surface area (TPSA) is 309 Å². The SMILES string of the molecule is CC=C(C)C(=O)OC1C(O)C2(COC(C)=O)C(O)CC3C(=CCC4C3(C)CCC3C(C)(CO)C(OCC5OC(C(=O)O)C(O)C(OCC6OC(O)C(O)C(O)C6O)C5O)CCC34C)C2CC1(C)C. The van der Waals surface area contributed by atoms with Crippen molar-refractivity contribution in [1.29, 1.82) is 0 Å². The molecule has 386 valence electrons. The fraction of sp³-hybridized carbons (Fsp3) is 0.857. The van der Waals surface area contributed by atoms with Crippen LogP contribution >= 0.6 is 0 Å². The highest BCUT2D eigenvalue weighted by Crippen LogP contribution is 2.72. The van der Waals surface area contributed by atoms with Gasteiger partial charge in [-0.05, 0) is 93.3 Å². The van der Waals surface area contributed by atoms with Crippen LogP contribution in [0.4, 0.5) is 0 Å². The van der Waals surface area contributed by atoms with Crippen LogP contribution in [0.5, 0.6) is 0 Å². The van der Waals surface area contributed by atoms with Crippen molar-refractivity contribution < 1.29 is 93.9 Å². The molecule has 0 amide bonds. The standard InChI is InChI=1S/C49H76O19/c1-9-22(2)43(61)68-41-40(58)49(21-65-23(3)51)26(17-45(41,4)5)24-10-11-29-46(6,25(24)16-31(49)52)14-12-30-47(29,7)15-13-32(48(30,8)20-50)63-18-28-34(54)38(37(57)39(66-28)42(59)60)64-19-27-33(53)35(55)36(56)44(62)67-27/h9-10,25-41,44,50,52-58,62H,11-21H2,1-8H3,(H,59,60). The minimum atomic E-state index is -1.89. The van der Waals surface area contributed by atoms with E-state index in [0.29, 0.717) is 37.7 Å². The summed E-state index contributed by atoms with van der Waals surface area (Å²) in [5, 5.41) is 109. The summed E-state index contributed by atoms with van der Waals surface area (Å²) < 4.78 is 34.8. The summed E-state index contributed by atoms with van der Waals surface area (Å²) in [7, 11) is 0. The van der Waals surface area contributed by atoms with Gasteiger partial charge in [0, 0.05) is 23.3 Å². The minimum Gasteiger partial charge on any atom is -0.479 e. The third kappa shape index (κ3) is 8.70. The van der Waals surface area contributed by atoms with Crippen molar-refractivity contribution in [3.05, 3.63) is 23.3 Å². The van der Waals surface area contributed by atoms with Gasteiger partial charge in [-0.2, -0.15) is 0 Å². The Bertz CT molecular complexity index is 1940. The summed E-state index contributed by atoms with van der Waals surface area (Å²) in [6.07, 6.45) is -13.1. The molecule has 22 unspecified atom stereocenters. The lowest BCUT2D eigenvalue weighted by atomic mass is 9.36. The molecule has 22 atom stereocenters. The van der Waals surface area contributed by atoms with Gasteiger partial charge in [-0.25, -0.2) is 9.59 Å². The molecular formula is C49H76O19. The molecule has 19 nitrogen and oxygen atoms in total. The van der Waals surface area contributed by atoms with Gasteiger partial charge >= 0.3 is 17.9 Å². The zero-order valence-electron chi connectivity index (χ0n) is 40.5. The zero-order valence-corrected chi connectivity index (χ0v) is 40.5. The molecule has 2 saturated heterocycles. The minimum absolute atomic E-state index is 0.0668. The van der Waals surface area contributed by atoms with Crippen molar-refractivity contribution in [2.24, 2.45) is 50.7 Å². The Kier molecular flexibility index (Phi) is 15.2. The van der Waals surface area contributed by atoms with Crippen molar-refractivity contribution in [2.75, 3.05) is 26.4 Å². The number of ether oxygens (including phenoxy) is 6. The van der Waals surface area contributed by atoms with Crippen LogP contribution < -0.4 is 0 Å². The Balaban J connectivity index is 1.11. The Morgan fingerprint density at radius 1 is 0.794 bits per heavy atom. The van der Waals surface area contributed by atoms with Gasteiger partial charge in [-0.3, -0.25) is 4.79 Å². The summed E-state index contributed by atoms with van der Waals surface area (Å²) in [5.74, 6) is -3.13. The number of aliphatic hydroxyl groups excluding tert-OH is 9. The number of carbonyl (C=O) groups excluding carboxylic acids is 2. The number of esters is 2. The molecule has 5 aliphatic carbocycles. The first-order valence-electron chi connectivity index (χ1n) is 24.2. The van der Waals surface area contributed by atoms with Crippen molar-refractivity contribution in [1.82, 2.24) is 0 Å². The average molecular weight is 969 g/mol. The van der Waals surface area contributed by atoms with E-state index in [0.717, 1.165) is 12.0 Å². The Hall–Kier alpha value is -2.63. The first-order chi connectivity index (χ1) is 31.7. The molecule has 7 aliphatic rings. The lowest BCUT2D eigenvalue weighted by Gasteiger charge is -2.69. The van der Waals surface area contributed by atoms with E-state index in [1.54, 1.807) is 19.9 Å². The number of carboxylic acid groups (broad SMARTS) is 1. The van der Waals surface area contributed by atoms with E-state index < -0.39 is 132 Å². The number of fused-ring (bicyclic) bond motifs is 7. The molecule has 68 heavy (non-hydrogen) atoms. The first-order valence-corrected chi connectivity index (χ1v) is 24.2. The van der Waals surface area contributed by atoms with E-state index in [1.807, 2.05) is 20.8 Å². The number of aliphatic hydroxyl groups is 9. The Morgan fingerprint density at radius 3 is 2.07 bits per heavy atom. The zero-order chi connectivity index (χ0) is 50.2. The molecule has 10 N–H and O–H groups in total. The molecule has 0 spiro atoms. The molecule has 2 heterocycles.